The molecule has 0 bridgehead atoms. The molecule has 25 heavy (non-hydrogen) atoms. The van der Waals surface area contributed by atoms with Gasteiger partial charge in [0.15, 0.2) is 0 Å². The first-order valence-electron chi connectivity index (χ1n) is 7.24. The van der Waals surface area contributed by atoms with Gasteiger partial charge in [-0.25, -0.2) is 9.36 Å². The highest BCUT2D eigenvalue weighted by molar-refractivity contribution is 9.10. The summed E-state index contributed by atoms with van der Waals surface area (Å²) in [5, 5.41) is 0. The topological polar surface area (TPSA) is 78.1 Å². The Morgan fingerprint density at radius 2 is 1.24 bits per heavy atom. The third-order valence-corrected chi connectivity index (χ3v) is 4.05. The molecule has 0 amide bonds. The molecule has 0 atom stereocenters. The maximum absolute atomic E-state index is 12.6. The van der Waals surface area contributed by atoms with Crippen molar-refractivity contribution >= 4 is 27.7 Å². The fourth-order valence-electron chi connectivity index (χ4n) is 2.28. The zero-order valence-corrected chi connectivity index (χ0v) is 14.3. The quantitative estimate of drug-likeness (QED) is 0.662. The van der Waals surface area contributed by atoms with Gasteiger partial charge in [0, 0.05) is 17.3 Å². The van der Waals surface area contributed by atoms with Crippen molar-refractivity contribution in [3.05, 3.63) is 103 Å². The first kappa shape index (κ1) is 16.8. The van der Waals surface area contributed by atoms with Crippen molar-refractivity contribution in [3.63, 3.8) is 0 Å². The van der Waals surface area contributed by atoms with E-state index in [4.69, 9.17) is 0 Å². The van der Waals surface area contributed by atoms with Crippen LogP contribution in [0, 0.1) is 0 Å². The zero-order valence-electron chi connectivity index (χ0n) is 12.8. The smallest absolute Gasteiger partial charge is 0.268 e. The van der Waals surface area contributed by atoms with Crippen LogP contribution in [0.5, 0.6) is 0 Å². The summed E-state index contributed by atoms with van der Waals surface area (Å²) < 4.78 is 1.11. The Morgan fingerprint density at radius 1 is 0.760 bits per heavy atom. The molecule has 0 fully saturated rings. The van der Waals surface area contributed by atoms with Gasteiger partial charge in [-0.1, -0.05) is 36.4 Å². The lowest BCUT2D eigenvalue weighted by molar-refractivity contribution is 0.0930. The number of rotatable bonds is 2. The second-order valence-electron chi connectivity index (χ2n) is 5.11. The van der Waals surface area contributed by atoms with Crippen LogP contribution in [-0.4, -0.2) is 20.9 Å². The summed E-state index contributed by atoms with van der Waals surface area (Å²) in [5.41, 5.74) is -1.42. The van der Waals surface area contributed by atoms with Crippen molar-refractivity contribution in [2.75, 3.05) is 0 Å². The van der Waals surface area contributed by atoms with Crippen molar-refractivity contribution < 1.29 is 9.59 Å². The van der Waals surface area contributed by atoms with Crippen molar-refractivity contribution in [2.24, 2.45) is 0 Å². The van der Waals surface area contributed by atoms with E-state index in [2.05, 4.69) is 15.9 Å². The van der Waals surface area contributed by atoms with Crippen LogP contribution < -0.4 is 11.2 Å². The summed E-state index contributed by atoms with van der Waals surface area (Å²) in [6.07, 6.45) is 1.08. The number of hydrogen-bond acceptors (Lipinski definition) is 4. The Morgan fingerprint density at radius 3 is 1.76 bits per heavy atom. The summed E-state index contributed by atoms with van der Waals surface area (Å²) in [4.78, 5) is 50.0. The van der Waals surface area contributed by atoms with Gasteiger partial charge in [0.05, 0.1) is 0 Å². The second-order valence-corrected chi connectivity index (χ2v) is 5.97. The van der Waals surface area contributed by atoms with Gasteiger partial charge in [-0.15, -0.1) is 0 Å². The molecular weight excluding hydrogens is 388 g/mol. The van der Waals surface area contributed by atoms with E-state index in [1.807, 2.05) is 0 Å². The predicted molar refractivity (Wildman–Crippen MR) is 95.0 cm³/mol. The van der Waals surface area contributed by atoms with E-state index in [1.165, 1.54) is 24.3 Å². The fourth-order valence-corrected chi connectivity index (χ4v) is 2.66. The van der Waals surface area contributed by atoms with E-state index in [-0.39, 0.29) is 15.6 Å². The summed E-state index contributed by atoms with van der Waals surface area (Å²) >= 11 is 3.02. The zero-order chi connectivity index (χ0) is 18.0. The lowest BCUT2D eigenvalue weighted by Crippen LogP contribution is -2.45. The third-order valence-electron chi connectivity index (χ3n) is 3.51. The highest BCUT2D eigenvalue weighted by Gasteiger charge is 2.21. The maximum atomic E-state index is 12.6. The number of hydrogen-bond donors (Lipinski definition) is 0. The third kappa shape index (κ3) is 3.14. The average Bonchev–Trinajstić information content (AvgIpc) is 2.65. The monoisotopic (exact) mass is 398 g/mol. The molecule has 3 rings (SSSR count). The van der Waals surface area contributed by atoms with Gasteiger partial charge < -0.3 is 0 Å². The molecule has 0 unspecified atom stereocenters. The van der Waals surface area contributed by atoms with E-state index < -0.39 is 23.1 Å². The Kier molecular flexibility index (Phi) is 4.58. The number of halogens is 1. The molecule has 0 saturated heterocycles. The first-order valence-corrected chi connectivity index (χ1v) is 8.03. The molecule has 124 valence electrons. The van der Waals surface area contributed by atoms with Crippen molar-refractivity contribution in [2.45, 2.75) is 0 Å². The highest BCUT2D eigenvalue weighted by Crippen LogP contribution is 2.06. The molecule has 0 aliphatic carbocycles. The SMILES string of the molecule is O=C(c1ccccc1)n1cc(Br)c(=O)n(C(=O)c2ccccc2)c1=O. The van der Waals surface area contributed by atoms with E-state index in [9.17, 15) is 19.2 Å². The van der Waals surface area contributed by atoms with Crippen LogP contribution in [0.25, 0.3) is 0 Å². The minimum absolute atomic E-state index is 0.0688. The standard InChI is InChI=1S/C18H11BrN2O4/c19-14-11-20(15(22)12-7-3-1-4-8-12)18(25)21(17(14)24)16(23)13-9-5-2-6-10-13/h1-11H. The molecule has 3 aromatic rings. The molecule has 1 heterocycles. The summed E-state index contributed by atoms with van der Waals surface area (Å²) in [7, 11) is 0. The molecule has 6 nitrogen and oxygen atoms in total. The minimum atomic E-state index is -1.02. The van der Waals surface area contributed by atoms with Gasteiger partial charge in [-0.2, -0.15) is 4.57 Å². The van der Waals surface area contributed by atoms with Crippen LogP contribution in [0.3, 0.4) is 0 Å². The van der Waals surface area contributed by atoms with Crippen molar-refractivity contribution in [3.8, 4) is 0 Å². The van der Waals surface area contributed by atoms with Crippen LogP contribution in [-0.2, 0) is 0 Å². The van der Waals surface area contributed by atoms with Gasteiger partial charge in [0.1, 0.15) is 4.47 Å². The van der Waals surface area contributed by atoms with Crippen LogP contribution in [0.1, 0.15) is 20.7 Å². The average molecular weight is 399 g/mol. The van der Waals surface area contributed by atoms with Crippen molar-refractivity contribution in [1.82, 2.24) is 9.13 Å². The summed E-state index contributed by atoms with van der Waals surface area (Å²) in [6, 6.07) is 16.0. The number of benzene rings is 2. The predicted octanol–water partition coefficient (Wildman–Crippen LogP) is 2.15. The Balaban J connectivity index is 2.20. The second kappa shape index (κ2) is 6.82. The first-order chi connectivity index (χ1) is 12.0. The van der Waals surface area contributed by atoms with Crippen molar-refractivity contribution in [1.29, 1.82) is 0 Å². The normalized spacial score (nSPS) is 10.4. The number of nitrogens with zero attached hydrogens (tertiary/aromatic N) is 2. The van der Waals surface area contributed by atoms with Crippen LogP contribution in [0.2, 0.25) is 0 Å². The minimum Gasteiger partial charge on any atom is -0.268 e. The number of carbonyl (C=O) groups is 2. The number of carbonyl (C=O) groups excluding carboxylic acids is 2. The molecule has 2 aromatic carbocycles. The lowest BCUT2D eigenvalue weighted by atomic mass is 10.2. The molecule has 0 spiro atoms. The number of aromatic nitrogens is 2. The lowest BCUT2D eigenvalue weighted by Gasteiger charge is -2.09. The van der Waals surface area contributed by atoms with Crippen LogP contribution in [0.15, 0.2) is 80.9 Å². The Bertz CT molecular complexity index is 1070. The van der Waals surface area contributed by atoms with Gasteiger partial charge in [0.25, 0.3) is 17.4 Å². The van der Waals surface area contributed by atoms with E-state index in [0.29, 0.717) is 4.57 Å². The molecule has 1 aromatic heterocycles. The van der Waals surface area contributed by atoms with E-state index >= 15 is 0 Å². The Labute approximate surface area is 150 Å². The van der Waals surface area contributed by atoms with E-state index in [0.717, 1.165) is 10.8 Å². The molecule has 0 saturated carbocycles. The van der Waals surface area contributed by atoms with Gasteiger partial charge in [-0.3, -0.25) is 14.4 Å². The molecule has 0 N–H and O–H groups in total. The molecule has 0 aliphatic rings. The van der Waals surface area contributed by atoms with Crippen LogP contribution in [0.4, 0.5) is 0 Å². The summed E-state index contributed by atoms with van der Waals surface area (Å²) in [6.45, 7) is 0. The highest BCUT2D eigenvalue weighted by atomic mass is 79.9. The van der Waals surface area contributed by atoms with E-state index in [1.54, 1.807) is 36.4 Å². The van der Waals surface area contributed by atoms with Gasteiger partial charge in [0.2, 0.25) is 0 Å². The van der Waals surface area contributed by atoms with Gasteiger partial charge in [-0.05, 0) is 40.2 Å². The fraction of sp³-hybridized carbons (Fsp3) is 0. The largest absolute Gasteiger partial charge is 0.345 e. The molecule has 0 aliphatic heterocycles. The molecular formula is C18H11BrN2O4. The molecule has 7 heteroatoms. The maximum Gasteiger partial charge on any atom is 0.345 e. The van der Waals surface area contributed by atoms with Crippen LogP contribution >= 0.6 is 15.9 Å². The summed E-state index contributed by atoms with van der Waals surface area (Å²) in [5.74, 6) is -1.44. The molecule has 0 radical (unpaired) electrons. The van der Waals surface area contributed by atoms with Gasteiger partial charge >= 0.3 is 5.69 Å². The Hall–Kier alpha value is -3.06.